The van der Waals surface area contributed by atoms with E-state index in [-0.39, 0.29) is 0 Å². The van der Waals surface area contributed by atoms with Crippen molar-refractivity contribution in [2.75, 3.05) is 0 Å². The van der Waals surface area contributed by atoms with E-state index in [9.17, 15) is 0 Å². The van der Waals surface area contributed by atoms with Crippen molar-refractivity contribution >= 4 is 0 Å². The Morgan fingerprint density at radius 1 is 1.20 bits per heavy atom. The lowest BCUT2D eigenvalue weighted by molar-refractivity contribution is 0.588. The van der Waals surface area contributed by atoms with E-state index in [0.29, 0.717) is 0 Å². The highest BCUT2D eigenvalue weighted by Gasteiger charge is 1.96. The highest BCUT2D eigenvalue weighted by Crippen LogP contribution is 2.11. The lowest BCUT2D eigenvalue weighted by Gasteiger charge is -2.05. The molecular weight excluding hydrogens is 120 g/mol. The average molecular weight is 141 g/mol. The summed E-state index contributed by atoms with van der Waals surface area (Å²) in [4.78, 5) is 0. The van der Waals surface area contributed by atoms with Gasteiger partial charge in [-0.05, 0) is 18.8 Å². The van der Waals surface area contributed by atoms with Gasteiger partial charge in [0.1, 0.15) is 0 Å². The zero-order valence-electron chi connectivity index (χ0n) is 7.69. The fraction of sp³-hybridized carbons (Fsp3) is 0.900. The zero-order valence-corrected chi connectivity index (χ0v) is 7.69. The molecule has 0 nitrogen and oxygen atoms in total. The summed E-state index contributed by atoms with van der Waals surface area (Å²) < 4.78 is 0. The monoisotopic (exact) mass is 141 g/mol. The Bertz CT molecular complexity index is 57.1. The molecule has 0 N–H and O–H groups in total. The van der Waals surface area contributed by atoms with Crippen LogP contribution in [0.4, 0.5) is 0 Å². The minimum atomic E-state index is 0.830. The quantitative estimate of drug-likeness (QED) is 0.493. The summed E-state index contributed by atoms with van der Waals surface area (Å²) >= 11 is 0. The molecule has 0 fully saturated rings. The van der Waals surface area contributed by atoms with E-state index < -0.39 is 0 Å². The van der Waals surface area contributed by atoms with Gasteiger partial charge < -0.3 is 0 Å². The molecule has 0 heteroatoms. The number of hydrogen-bond acceptors (Lipinski definition) is 0. The molecule has 0 spiro atoms. The molecule has 0 aromatic rings. The summed E-state index contributed by atoms with van der Waals surface area (Å²) in [5.41, 5.74) is 0. The maximum absolute atomic E-state index is 2.45. The summed E-state index contributed by atoms with van der Waals surface area (Å²) in [6, 6.07) is 0. The molecule has 1 unspecified atom stereocenters. The summed E-state index contributed by atoms with van der Waals surface area (Å²) in [6.45, 7) is 6.80. The van der Waals surface area contributed by atoms with E-state index in [1.54, 1.807) is 0 Å². The van der Waals surface area contributed by atoms with Gasteiger partial charge in [0.25, 0.3) is 0 Å². The summed E-state index contributed by atoms with van der Waals surface area (Å²) in [5, 5.41) is 0. The SMILES string of the molecule is CCCCC[CH]C(C)CC. The molecule has 61 valence electrons. The molecule has 0 saturated carbocycles. The van der Waals surface area contributed by atoms with Crippen LogP contribution in [0.3, 0.4) is 0 Å². The maximum atomic E-state index is 2.45. The molecule has 1 atom stereocenters. The van der Waals surface area contributed by atoms with Gasteiger partial charge in [0.05, 0.1) is 0 Å². The minimum Gasteiger partial charge on any atom is -0.0654 e. The van der Waals surface area contributed by atoms with E-state index in [0.717, 1.165) is 5.92 Å². The predicted molar refractivity (Wildman–Crippen MR) is 47.9 cm³/mol. The van der Waals surface area contributed by atoms with E-state index in [1.807, 2.05) is 0 Å². The third kappa shape index (κ3) is 6.12. The highest BCUT2D eigenvalue weighted by atomic mass is 14.0. The molecule has 0 aromatic carbocycles. The van der Waals surface area contributed by atoms with Crippen molar-refractivity contribution in [3.8, 4) is 0 Å². The Morgan fingerprint density at radius 3 is 2.40 bits per heavy atom. The summed E-state index contributed by atoms with van der Waals surface area (Å²) in [6.07, 6.45) is 9.20. The third-order valence-corrected chi connectivity index (χ3v) is 2.02. The van der Waals surface area contributed by atoms with Gasteiger partial charge >= 0.3 is 0 Å². The molecule has 0 bridgehead atoms. The second-order valence-electron chi connectivity index (χ2n) is 3.12. The summed E-state index contributed by atoms with van der Waals surface area (Å²) in [5.74, 6) is 0.830. The van der Waals surface area contributed by atoms with Crippen LogP contribution in [0.15, 0.2) is 0 Å². The van der Waals surface area contributed by atoms with Crippen LogP contribution in [0.5, 0.6) is 0 Å². The van der Waals surface area contributed by atoms with Crippen molar-refractivity contribution < 1.29 is 0 Å². The molecule has 0 aliphatic rings. The fourth-order valence-electron chi connectivity index (χ4n) is 0.963. The Hall–Kier alpha value is 0. The third-order valence-electron chi connectivity index (χ3n) is 2.02. The van der Waals surface area contributed by atoms with Crippen LogP contribution < -0.4 is 0 Å². The van der Waals surface area contributed by atoms with Crippen molar-refractivity contribution in [3.63, 3.8) is 0 Å². The van der Waals surface area contributed by atoms with Crippen LogP contribution in [0, 0.1) is 12.3 Å². The van der Waals surface area contributed by atoms with Crippen molar-refractivity contribution in [1.29, 1.82) is 0 Å². The van der Waals surface area contributed by atoms with E-state index >= 15 is 0 Å². The van der Waals surface area contributed by atoms with Crippen LogP contribution >= 0.6 is 0 Å². The van der Waals surface area contributed by atoms with Gasteiger partial charge in [0.15, 0.2) is 0 Å². The first-order chi connectivity index (χ1) is 4.81. The molecular formula is C10H21. The lowest BCUT2D eigenvalue weighted by Crippen LogP contribution is -1.92. The van der Waals surface area contributed by atoms with Gasteiger partial charge in [-0.3, -0.25) is 0 Å². The van der Waals surface area contributed by atoms with Crippen LogP contribution in [0.25, 0.3) is 0 Å². The van der Waals surface area contributed by atoms with E-state index in [4.69, 9.17) is 0 Å². The predicted octanol–water partition coefficient (Wildman–Crippen LogP) is 3.82. The Labute approximate surface area is 66.0 Å². The maximum Gasteiger partial charge on any atom is -0.0358 e. The zero-order chi connectivity index (χ0) is 7.82. The van der Waals surface area contributed by atoms with Gasteiger partial charge in [-0.2, -0.15) is 0 Å². The molecule has 1 radical (unpaired) electrons. The molecule has 0 heterocycles. The number of unbranched alkanes of at least 4 members (excludes halogenated alkanes) is 3. The smallest absolute Gasteiger partial charge is 0.0358 e. The topological polar surface area (TPSA) is 0 Å². The minimum absolute atomic E-state index is 0.830. The largest absolute Gasteiger partial charge is 0.0654 e. The second-order valence-corrected chi connectivity index (χ2v) is 3.12. The molecule has 0 saturated heterocycles. The van der Waals surface area contributed by atoms with Crippen LogP contribution in [0.2, 0.25) is 0 Å². The molecule has 0 aliphatic carbocycles. The summed E-state index contributed by atoms with van der Waals surface area (Å²) in [7, 11) is 0. The van der Waals surface area contributed by atoms with Crippen LogP contribution in [0.1, 0.15) is 52.9 Å². The highest BCUT2D eigenvalue weighted by molar-refractivity contribution is 4.70. The standard InChI is InChI=1S/C10H21/c1-4-6-7-8-9-10(3)5-2/h9-10H,4-8H2,1-3H3. The van der Waals surface area contributed by atoms with Gasteiger partial charge in [0, 0.05) is 0 Å². The fourth-order valence-corrected chi connectivity index (χ4v) is 0.963. The molecule has 0 amide bonds. The Balaban J connectivity index is 2.89. The first-order valence-corrected chi connectivity index (χ1v) is 4.64. The van der Waals surface area contributed by atoms with Gasteiger partial charge in [-0.25, -0.2) is 0 Å². The number of rotatable bonds is 6. The van der Waals surface area contributed by atoms with E-state index in [2.05, 4.69) is 27.2 Å². The Kier molecular flexibility index (Phi) is 7.11. The lowest BCUT2D eigenvalue weighted by atomic mass is 10.0. The van der Waals surface area contributed by atoms with Crippen molar-refractivity contribution in [2.45, 2.75) is 52.9 Å². The van der Waals surface area contributed by atoms with Gasteiger partial charge in [-0.1, -0.05) is 46.5 Å². The number of hydrogen-bond donors (Lipinski definition) is 0. The normalized spacial score (nSPS) is 13.5. The second kappa shape index (κ2) is 7.11. The van der Waals surface area contributed by atoms with Gasteiger partial charge in [-0.15, -0.1) is 0 Å². The first kappa shape index (κ1) is 10.0. The van der Waals surface area contributed by atoms with Crippen LogP contribution in [-0.4, -0.2) is 0 Å². The molecule has 10 heavy (non-hydrogen) atoms. The van der Waals surface area contributed by atoms with Crippen molar-refractivity contribution in [2.24, 2.45) is 5.92 Å². The first-order valence-electron chi connectivity index (χ1n) is 4.64. The van der Waals surface area contributed by atoms with Crippen molar-refractivity contribution in [1.82, 2.24) is 0 Å². The van der Waals surface area contributed by atoms with Crippen LogP contribution in [-0.2, 0) is 0 Å². The van der Waals surface area contributed by atoms with E-state index in [1.165, 1.54) is 32.1 Å². The molecule has 0 rings (SSSR count). The van der Waals surface area contributed by atoms with Crippen molar-refractivity contribution in [3.05, 3.63) is 6.42 Å². The molecule has 0 aromatic heterocycles. The average Bonchev–Trinajstić information content (AvgIpc) is 1.98. The molecule has 0 aliphatic heterocycles. The Morgan fingerprint density at radius 2 is 1.90 bits per heavy atom. The van der Waals surface area contributed by atoms with Gasteiger partial charge in [0.2, 0.25) is 0 Å².